The predicted molar refractivity (Wildman–Crippen MR) is 95.9 cm³/mol. The van der Waals surface area contributed by atoms with E-state index in [-0.39, 0.29) is 24.8 Å². The van der Waals surface area contributed by atoms with Crippen LogP contribution < -0.4 is 10.1 Å². The van der Waals surface area contributed by atoms with Gasteiger partial charge in [-0.15, -0.1) is 0 Å². The number of benzene rings is 1. The van der Waals surface area contributed by atoms with Crippen LogP contribution in [0, 0.1) is 0 Å². The fraction of sp³-hybridized carbons (Fsp3) is 0.316. The maximum Gasteiger partial charge on any atom is 0.260 e. The number of carbonyl (C=O) groups excluding carboxylic acids is 2. The Labute approximate surface area is 151 Å². The van der Waals surface area contributed by atoms with Gasteiger partial charge in [-0.1, -0.05) is 0 Å². The topological polar surface area (TPSA) is 80.8 Å². The van der Waals surface area contributed by atoms with Gasteiger partial charge in [0, 0.05) is 31.2 Å². The first-order chi connectivity index (χ1) is 12.7. The number of carbonyl (C=O) groups is 2. The Morgan fingerprint density at radius 1 is 1.08 bits per heavy atom. The molecule has 2 heterocycles. The van der Waals surface area contributed by atoms with Gasteiger partial charge in [-0.2, -0.15) is 0 Å². The molecule has 0 unspecified atom stereocenters. The van der Waals surface area contributed by atoms with E-state index in [0.29, 0.717) is 37.7 Å². The van der Waals surface area contributed by atoms with Gasteiger partial charge >= 0.3 is 0 Å². The molecule has 1 saturated heterocycles. The molecule has 7 nitrogen and oxygen atoms in total. The van der Waals surface area contributed by atoms with E-state index in [1.807, 2.05) is 12.1 Å². The van der Waals surface area contributed by atoms with Crippen molar-refractivity contribution in [1.82, 2.24) is 9.88 Å². The Morgan fingerprint density at radius 3 is 2.46 bits per heavy atom. The highest BCUT2D eigenvalue weighted by Crippen LogP contribution is 2.16. The maximum atomic E-state index is 12.0. The second-order valence-corrected chi connectivity index (χ2v) is 5.89. The van der Waals surface area contributed by atoms with Crippen molar-refractivity contribution >= 4 is 17.5 Å². The summed E-state index contributed by atoms with van der Waals surface area (Å²) in [4.78, 5) is 29.7. The monoisotopic (exact) mass is 355 g/mol. The summed E-state index contributed by atoms with van der Waals surface area (Å²) in [7, 11) is 0. The first kappa shape index (κ1) is 17.9. The number of pyridine rings is 1. The Balaban J connectivity index is 1.45. The van der Waals surface area contributed by atoms with E-state index in [4.69, 9.17) is 9.47 Å². The molecule has 1 N–H and O–H groups in total. The van der Waals surface area contributed by atoms with E-state index in [9.17, 15) is 9.59 Å². The highest BCUT2D eigenvalue weighted by Gasteiger charge is 2.17. The van der Waals surface area contributed by atoms with Gasteiger partial charge in [-0.3, -0.25) is 14.6 Å². The molecule has 1 aromatic carbocycles. The lowest BCUT2D eigenvalue weighted by atomic mass is 10.2. The van der Waals surface area contributed by atoms with Crippen molar-refractivity contribution in [2.24, 2.45) is 0 Å². The van der Waals surface area contributed by atoms with E-state index in [2.05, 4.69) is 10.3 Å². The van der Waals surface area contributed by atoms with Crippen LogP contribution in [-0.4, -0.2) is 54.6 Å². The molecule has 1 aliphatic rings. The van der Waals surface area contributed by atoms with Crippen LogP contribution in [-0.2, 0) is 20.7 Å². The molecular formula is C19H21N3O4. The van der Waals surface area contributed by atoms with Crippen molar-refractivity contribution in [3.63, 3.8) is 0 Å². The number of morpholine rings is 1. The molecule has 0 bridgehead atoms. The zero-order valence-electron chi connectivity index (χ0n) is 14.4. The van der Waals surface area contributed by atoms with Crippen LogP contribution in [0.3, 0.4) is 0 Å². The number of aromatic nitrogens is 1. The number of hydrogen-bond acceptors (Lipinski definition) is 5. The number of hydrogen-bond donors (Lipinski definition) is 1. The third-order valence-corrected chi connectivity index (χ3v) is 3.98. The van der Waals surface area contributed by atoms with Crippen molar-refractivity contribution in [3.8, 4) is 5.75 Å². The Bertz CT molecular complexity index is 728. The highest BCUT2D eigenvalue weighted by atomic mass is 16.5. The summed E-state index contributed by atoms with van der Waals surface area (Å²) >= 11 is 0. The molecule has 2 amide bonds. The summed E-state index contributed by atoms with van der Waals surface area (Å²) in [6, 6.07) is 10.6. The van der Waals surface area contributed by atoms with Gasteiger partial charge in [0.2, 0.25) is 5.91 Å². The van der Waals surface area contributed by atoms with Crippen molar-refractivity contribution < 1.29 is 19.1 Å². The molecule has 3 rings (SSSR count). The summed E-state index contributed by atoms with van der Waals surface area (Å²) in [6.45, 7) is 2.34. The SMILES string of the molecule is O=C(Cc1ccncc1)Nc1ccc(OCC(=O)N2CCOCC2)cc1. The molecule has 0 spiro atoms. The van der Waals surface area contributed by atoms with Crippen LogP contribution in [0.2, 0.25) is 0 Å². The van der Waals surface area contributed by atoms with E-state index in [1.54, 1.807) is 41.6 Å². The van der Waals surface area contributed by atoms with Gasteiger partial charge < -0.3 is 19.7 Å². The number of ether oxygens (including phenoxy) is 2. The van der Waals surface area contributed by atoms with Crippen LogP contribution in [0.25, 0.3) is 0 Å². The molecule has 1 aromatic heterocycles. The van der Waals surface area contributed by atoms with Crippen molar-refractivity contribution in [3.05, 3.63) is 54.4 Å². The third-order valence-electron chi connectivity index (χ3n) is 3.98. The predicted octanol–water partition coefficient (Wildman–Crippen LogP) is 1.50. The maximum absolute atomic E-state index is 12.0. The summed E-state index contributed by atoms with van der Waals surface area (Å²) in [5, 5.41) is 2.83. The molecule has 1 fully saturated rings. The van der Waals surface area contributed by atoms with Crippen LogP contribution in [0.1, 0.15) is 5.56 Å². The number of rotatable bonds is 6. The standard InChI is InChI=1S/C19H21N3O4/c23-18(13-15-5-7-20-8-6-15)21-16-1-3-17(4-2-16)26-14-19(24)22-9-11-25-12-10-22/h1-8H,9-14H2,(H,21,23). The minimum Gasteiger partial charge on any atom is -0.484 e. The van der Waals surface area contributed by atoms with Gasteiger partial charge in [0.15, 0.2) is 6.61 Å². The number of nitrogens with zero attached hydrogens (tertiary/aromatic N) is 2. The van der Waals surface area contributed by atoms with Crippen LogP contribution in [0.4, 0.5) is 5.69 Å². The molecule has 1 aliphatic heterocycles. The average molecular weight is 355 g/mol. The van der Waals surface area contributed by atoms with Crippen LogP contribution >= 0.6 is 0 Å². The zero-order chi connectivity index (χ0) is 18.2. The lowest BCUT2D eigenvalue weighted by molar-refractivity contribution is -0.137. The number of anilines is 1. The number of amides is 2. The molecule has 0 radical (unpaired) electrons. The Morgan fingerprint density at radius 2 is 1.77 bits per heavy atom. The second-order valence-electron chi connectivity index (χ2n) is 5.89. The van der Waals surface area contributed by atoms with Gasteiger partial charge in [0.25, 0.3) is 5.91 Å². The average Bonchev–Trinajstić information content (AvgIpc) is 2.68. The molecule has 2 aromatic rings. The summed E-state index contributed by atoms with van der Waals surface area (Å²) < 4.78 is 10.7. The highest BCUT2D eigenvalue weighted by molar-refractivity contribution is 5.92. The van der Waals surface area contributed by atoms with E-state index in [0.717, 1.165) is 5.56 Å². The minimum absolute atomic E-state index is 0.00620. The van der Waals surface area contributed by atoms with E-state index < -0.39 is 0 Å². The van der Waals surface area contributed by atoms with Crippen LogP contribution in [0.15, 0.2) is 48.8 Å². The second kappa shape index (κ2) is 8.96. The van der Waals surface area contributed by atoms with Crippen molar-refractivity contribution in [2.45, 2.75) is 6.42 Å². The van der Waals surface area contributed by atoms with Crippen LogP contribution in [0.5, 0.6) is 5.75 Å². The molecule has 26 heavy (non-hydrogen) atoms. The summed E-state index contributed by atoms with van der Waals surface area (Å²) in [5.74, 6) is 0.425. The smallest absolute Gasteiger partial charge is 0.260 e. The summed E-state index contributed by atoms with van der Waals surface area (Å²) in [6.07, 6.45) is 3.61. The van der Waals surface area contributed by atoms with Gasteiger partial charge in [0.05, 0.1) is 19.6 Å². The first-order valence-electron chi connectivity index (χ1n) is 8.48. The lowest BCUT2D eigenvalue weighted by Gasteiger charge is -2.26. The Kier molecular flexibility index (Phi) is 6.16. The van der Waals surface area contributed by atoms with Gasteiger partial charge in [0.1, 0.15) is 5.75 Å². The minimum atomic E-state index is -0.104. The first-order valence-corrected chi connectivity index (χ1v) is 8.48. The van der Waals surface area contributed by atoms with Gasteiger partial charge in [-0.25, -0.2) is 0 Å². The van der Waals surface area contributed by atoms with E-state index >= 15 is 0 Å². The normalized spacial score (nSPS) is 13.9. The fourth-order valence-electron chi connectivity index (χ4n) is 2.57. The molecular weight excluding hydrogens is 334 g/mol. The van der Waals surface area contributed by atoms with Crippen molar-refractivity contribution in [2.75, 3.05) is 38.2 Å². The Hall–Kier alpha value is -2.93. The largest absolute Gasteiger partial charge is 0.484 e. The summed E-state index contributed by atoms with van der Waals surface area (Å²) in [5.41, 5.74) is 1.58. The lowest BCUT2D eigenvalue weighted by Crippen LogP contribution is -2.42. The molecule has 136 valence electrons. The zero-order valence-corrected chi connectivity index (χ0v) is 14.4. The molecule has 0 aliphatic carbocycles. The number of nitrogens with one attached hydrogen (secondary N) is 1. The van der Waals surface area contributed by atoms with Gasteiger partial charge in [-0.05, 0) is 42.0 Å². The molecule has 0 atom stereocenters. The quantitative estimate of drug-likeness (QED) is 0.849. The van der Waals surface area contributed by atoms with E-state index in [1.165, 1.54) is 0 Å². The van der Waals surface area contributed by atoms with Crippen molar-refractivity contribution in [1.29, 1.82) is 0 Å². The fourth-order valence-corrected chi connectivity index (χ4v) is 2.57. The third kappa shape index (κ3) is 5.29. The molecule has 0 saturated carbocycles. The molecule has 7 heteroatoms.